The number of likely N-dealkylation sites (tertiary alicyclic amines) is 1. The molecule has 2 fully saturated rings. The van der Waals surface area contributed by atoms with Gasteiger partial charge in [0.15, 0.2) is 0 Å². The van der Waals surface area contributed by atoms with Gasteiger partial charge in [0, 0.05) is 56.3 Å². The Bertz CT molecular complexity index is 1020. The van der Waals surface area contributed by atoms with Crippen LogP contribution < -0.4 is 4.74 Å². The van der Waals surface area contributed by atoms with E-state index in [4.69, 9.17) is 9.72 Å². The number of piperidine rings is 1. The Balaban J connectivity index is 1.38. The van der Waals surface area contributed by atoms with Gasteiger partial charge in [-0.05, 0) is 37.1 Å². The fraction of sp³-hybridized carbons (Fsp3) is 0.478. The Morgan fingerprint density at radius 2 is 1.97 bits per heavy atom. The van der Waals surface area contributed by atoms with E-state index in [2.05, 4.69) is 22.0 Å². The average Bonchev–Trinajstić information content (AvgIpc) is 3.15. The minimum Gasteiger partial charge on any atom is -0.497 e. The summed E-state index contributed by atoms with van der Waals surface area (Å²) < 4.78 is 7.29. The van der Waals surface area contributed by atoms with E-state index < -0.39 is 5.60 Å². The number of fused-ring (bicyclic) bond motifs is 3. The van der Waals surface area contributed by atoms with Crippen molar-refractivity contribution in [3.63, 3.8) is 0 Å². The minimum absolute atomic E-state index is 0.209. The molecular weight excluding hydrogens is 364 g/mol. The second-order valence-electron chi connectivity index (χ2n) is 8.57. The molecule has 0 amide bonds. The number of aryl methyl sites for hydroxylation is 1. The molecule has 5 rings (SSSR count). The zero-order chi connectivity index (χ0) is 20.0. The molecule has 3 atom stereocenters. The van der Waals surface area contributed by atoms with E-state index >= 15 is 0 Å². The number of pyridine rings is 1. The molecule has 152 valence electrons. The number of imidazole rings is 1. The van der Waals surface area contributed by atoms with E-state index in [0.29, 0.717) is 0 Å². The lowest BCUT2D eigenvalue weighted by Crippen LogP contribution is -2.58. The number of aromatic nitrogens is 3. The first-order valence-electron chi connectivity index (χ1n) is 10.4. The molecule has 1 saturated carbocycles. The van der Waals surface area contributed by atoms with Crippen molar-refractivity contribution in [3.8, 4) is 5.75 Å². The number of aliphatic hydroxyl groups is 1. The summed E-state index contributed by atoms with van der Waals surface area (Å²) in [7, 11) is 3.67. The minimum atomic E-state index is -0.819. The van der Waals surface area contributed by atoms with Crippen LogP contribution in [0.15, 0.2) is 42.7 Å². The van der Waals surface area contributed by atoms with Crippen molar-refractivity contribution in [1.29, 1.82) is 0 Å². The van der Waals surface area contributed by atoms with Gasteiger partial charge in [-0.3, -0.25) is 9.88 Å². The maximum atomic E-state index is 11.7. The summed E-state index contributed by atoms with van der Waals surface area (Å²) in [6.45, 7) is 2.57. The van der Waals surface area contributed by atoms with Crippen molar-refractivity contribution in [2.24, 2.45) is 18.9 Å². The van der Waals surface area contributed by atoms with Gasteiger partial charge >= 0.3 is 0 Å². The molecular formula is C23H28N4O2. The number of hydrogen-bond acceptors (Lipinski definition) is 5. The molecule has 1 aliphatic carbocycles. The predicted molar refractivity (Wildman–Crippen MR) is 112 cm³/mol. The van der Waals surface area contributed by atoms with Crippen LogP contribution in [0.4, 0.5) is 0 Å². The van der Waals surface area contributed by atoms with Crippen LogP contribution in [0.1, 0.15) is 30.8 Å². The Morgan fingerprint density at radius 3 is 2.66 bits per heavy atom. The Morgan fingerprint density at radius 1 is 1.17 bits per heavy atom. The fourth-order valence-electron chi connectivity index (χ4n) is 5.38. The topological polar surface area (TPSA) is 63.4 Å². The van der Waals surface area contributed by atoms with Crippen LogP contribution >= 0.6 is 0 Å². The highest BCUT2D eigenvalue weighted by atomic mass is 16.5. The Kier molecular flexibility index (Phi) is 4.56. The van der Waals surface area contributed by atoms with Crippen LogP contribution in [0.2, 0.25) is 0 Å². The molecule has 2 aliphatic rings. The molecule has 0 spiro atoms. The molecule has 1 saturated heterocycles. The van der Waals surface area contributed by atoms with Crippen molar-refractivity contribution in [1.82, 2.24) is 19.4 Å². The van der Waals surface area contributed by atoms with E-state index in [1.165, 1.54) is 6.42 Å². The van der Waals surface area contributed by atoms with Crippen LogP contribution in [-0.4, -0.2) is 44.7 Å². The number of hydrogen-bond donors (Lipinski definition) is 1. The summed E-state index contributed by atoms with van der Waals surface area (Å²) in [6, 6.07) is 10.2. The van der Waals surface area contributed by atoms with Gasteiger partial charge in [0.2, 0.25) is 0 Å². The van der Waals surface area contributed by atoms with Crippen LogP contribution in [0.3, 0.4) is 0 Å². The van der Waals surface area contributed by atoms with Crippen molar-refractivity contribution < 1.29 is 9.84 Å². The van der Waals surface area contributed by atoms with Crippen molar-refractivity contribution in [2.75, 3.05) is 20.2 Å². The van der Waals surface area contributed by atoms with Crippen LogP contribution in [0.25, 0.3) is 10.9 Å². The third-order valence-corrected chi connectivity index (χ3v) is 6.83. The maximum Gasteiger partial charge on any atom is 0.141 e. The van der Waals surface area contributed by atoms with Gasteiger partial charge in [0.25, 0.3) is 0 Å². The third kappa shape index (κ3) is 3.11. The van der Waals surface area contributed by atoms with Gasteiger partial charge in [-0.2, -0.15) is 0 Å². The average molecular weight is 393 g/mol. The second kappa shape index (κ2) is 7.11. The summed E-state index contributed by atoms with van der Waals surface area (Å²) in [6.07, 6.45) is 7.00. The van der Waals surface area contributed by atoms with Gasteiger partial charge in [-0.1, -0.05) is 12.5 Å². The molecule has 1 unspecified atom stereocenters. The summed E-state index contributed by atoms with van der Waals surface area (Å²) in [5.74, 6) is 2.09. The molecule has 0 radical (unpaired) electrons. The van der Waals surface area contributed by atoms with E-state index in [-0.39, 0.29) is 11.8 Å². The highest BCUT2D eigenvalue weighted by molar-refractivity contribution is 5.80. The van der Waals surface area contributed by atoms with Gasteiger partial charge in [0.05, 0.1) is 18.3 Å². The smallest absolute Gasteiger partial charge is 0.141 e. The van der Waals surface area contributed by atoms with Crippen molar-refractivity contribution >= 4 is 10.9 Å². The third-order valence-electron chi connectivity index (χ3n) is 6.83. The molecule has 3 heterocycles. The monoisotopic (exact) mass is 392 g/mol. The largest absolute Gasteiger partial charge is 0.497 e. The van der Waals surface area contributed by atoms with Crippen LogP contribution in [0, 0.1) is 11.8 Å². The lowest BCUT2D eigenvalue weighted by atomic mass is 9.65. The van der Waals surface area contributed by atoms with Crippen LogP contribution in [-0.2, 0) is 19.2 Å². The lowest BCUT2D eigenvalue weighted by Gasteiger charge is -2.52. The van der Waals surface area contributed by atoms with E-state index in [1.54, 1.807) is 13.3 Å². The van der Waals surface area contributed by atoms with Gasteiger partial charge in [-0.25, -0.2) is 4.98 Å². The lowest BCUT2D eigenvalue weighted by molar-refractivity contribution is -0.155. The molecule has 6 heteroatoms. The quantitative estimate of drug-likeness (QED) is 0.739. The normalized spacial score (nSPS) is 27.3. The molecule has 2 bridgehead atoms. The van der Waals surface area contributed by atoms with E-state index in [9.17, 15) is 5.11 Å². The summed E-state index contributed by atoms with van der Waals surface area (Å²) in [5.41, 5.74) is 1.24. The highest BCUT2D eigenvalue weighted by Crippen LogP contribution is 2.48. The molecule has 1 N–H and O–H groups in total. The van der Waals surface area contributed by atoms with E-state index in [1.807, 2.05) is 36.0 Å². The van der Waals surface area contributed by atoms with Crippen LogP contribution in [0.5, 0.6) is 5.75 Å². The number of ether oxygens (including phenoxy) is 1. The predicted octanol–water partition coefficient (Wildman–Crippen LogP) is 3.10. The SMILES string of the molecule is COc1ccc2nc(CN3C[C@H]4CCC[C@@H](C3)C4(O)c3nccn3C)ccc2c1. The molecule has 3 aromatic rings. The first kappa shape index (κ1) is 18.6. The first-order chi connectivity index (χ1) is 14.1. The first-order valence-corrected chi connectivity index (χ1v) is 10.4. The van der Waals surface area contributed by atoms with E-state index in [0.717, 1.165) is 60.6 Å². The summed E-state index contributed by atoms with van der Waals surface area (Å²) >= 11 is 0. The molecule has 2 aromatic heterocycles. The van der Waals surface area contributed by atoms with Gasteiger partial charge in [0.1, 0.15) is 17.2 Å². The molecule has 1 aromatic carbocycles. The standard InChI is InChI=1S/C23H28N4O2/c1-26-11-10-24-22(26)23(28)17-4-3-5-18(23)14-27(13-17)15-19-7-6-16-12-20(29-2)8-9-21(16)25-19/h6-12,17-18,28H,3-5,13-15H2,1-2H3/t17-,18+,23?. The second-order valence-corrected chi connectivity index (χ2v) is 8.57. The summed E-state index contributed by atoms with van der Waals surface area (Å²) in [4.78, 5) is 11.8. The van der Waals surface area contributed by atoms with Gasteiger partial charge in [-0.15, -0.1) is 0 Å². The Labute approximate surface area is 171 Å². The van der Waals surface area contributed by atoms with Crippen molar-refractivity contribution in [2.45, 2.75) is 31.4 Å². The molecule has 29 heavy (non-hydrogen) atoms. The number of rotatable bonds is 4. The van der Waals surface area contributed by atoms with Gasteiger partial charge < -0.3 is 14.4 Å². The maximum absolute atomic E-state index is 11.7. The molecule has 1 aliphatic heterocycles. The summed E-state index contributed by atoms with van der Waals surface area (Å²) in [5, 5.41) is 12.8. The fourth-order valence-corrected chi connectivity index (χ4v) is 5.38. The number of nitrogens with zero attached hydrogens (tertiary/aromatic N) is 4. The molecule has 6 nitrogen and oxygen atoms in total. The Hall–Kier alpha value is -2.44. The number of methoxy groups -OCH3 is 1. The zero-order valence-corrected chi connectivity index (χ0v) is 17.1. The zero-order valence-electron chi connectivity index (χ0n) is 17.1. The highest BCUT2D eigenvalue weighted by Gasteiger charge is 2.53. The number of benzene rings is 1. The van der Waals surface area contributed by atoms with Crippen molar-refractivity contribution in [3.05, 3.63) is 54.2 Å².